The number of aryl methyl sites for hydroxylation is 1. The van der Waals surface area contributed by atoms with Crippen molar-refractivity contribution < 1.29 is 72.0 Å². The Hall–Kier alpha value is -7.80. The molecule has 1 aromatic heterocycles. The van der Waals surface area contributed by atoms with Crippen molar-refractivity contribution in [3.8, 4) is 0 Å². The average molecular weight is 2010 g/mol. The van der Waals surface area contributed by atoms with E-state index in [1.807, 2.05) is 176 Å². The number of unbranched alkanes of at least 4 members (excludes halogenated alkanes) is 1. The summed E-state index contributed by atoms with van der Waals surface area (Å²) in [5.41, 5.74) is 2.40. The molecule has 3 rings (SSSR count). The first-order valence-corrected chi connectivity index (χ1v) is 53.2. The number of nitrogens with one attached hydrogen (secondary N) is 6. The topological polar surface area (TPSA) is 374 Å². The van der Waals surface area contributed by atoms with E-state index in [1.54, 1.807) is 47.6 Å². The van der Waals surface area contributed by atoms with Gasteiger partial charge in [-0.3, -0.25) is 38.4 Å². The van der Waals surface area contributed by atoms with E-state index in [9.17, 15) is 72.0 Å². The molecule has 0 fully saturated rings. The molecule has 0 radical (unpaired) electrons. The molecular formula is C108H199N9O16S4. The quantitative estimate of drug-likeness (QED) is 0.0495. The van der Waals surface area contributed by atoms with E-state index in [1.165, 1.54) is 43.2 Å². The second kappa shape index (κ2) is 69.1. The highest BCUT2D eigenvalue weighted by Gasteiger charge is 2.29. The molecule has 2 aliphatic carbocycles. The Morgan fingerprint density at radius 2 is 0.818 bits per heavy atom. The number of hydrogen-bond donors (Lipinski definition) is 6. The zero-order valence-electron chi connectivity index (χ0n) is 94.1. The SMILES string of the molecule is C=CC(=O)C(C)(C)C.C=CC(=O)N(CCC)C(C)(C)C.C=CC(=O)NC(C)(C)C.C=CC(=O)NCC(C)(C)C.C=CC(=O)NCCC(C)(C)C.C=CS(=O)(=O)C(C)(C)C.C=CS(=O)(=O)NC(C)(C)C.C=CS(=O)(=O)NCC(C)(C)C.C=CS(=O)(=O)NCCC(C)(C)C.CC(C)(C)C(=O)C1=CCCC1.CC(C)(C)C(=O)C1=CCCCC1.CCC/C=C/C(=O)C(C)(C)C.Cc1nccc(C(C)(C)C)n1. The molecule has 0 aromatic carbocycles. The van der Waals surface area contributed by atoms with Crippen LogP contribution in [-0.2, 0) is 83.7 Å². The van der Waals surface area contributed by atoms with Gasteiger partial charge in [-0.05, 0) is 236 Å². The predicted octanol–water partition coefficient (Wildman–Crippen LogP) is 23.8. The maximum Gasteiger partial charge on any atom is 0.246 e. The minimum atomic E-state index is -3.26. The molecule has 137 heavy (non-hydrogen) atoms. The molecule has 1 aromatic rings. The zero-order valence-corrected chi connectivity index (χ0v) is 97.3. The molecule has 0 aliphatic heterocycles. The summed E-state index contributed by atoms with van der Waals surface area (Å²) in [6, 6.07) is 1.97. The highest BCUT2D eigenvalue weighted by Crippen LogP contribution is 2.29. The van der Waals surface area contributed by atoms with Crippen molar-refractivity contribution in [1.82, 2.24) is 45.0 Å². The lowest BCUT2D eigenvalue weighted by Gasteiger charge is -2.34. The summed E-state index contributed by atoms with van der Waals surface area (Å²) in [4.78, 5) is 98.8. The third kappa shape index (κ3) is 99.6. The predicted molar refractivity (Wildman–Crippen MR) is 585 cm³/mol. The maximum atomic E-state index is 11.8. The lowest BCUT2D eigenvalue weighted by molar-refractivity contribution is -0.130. The van der Waals surface area contributed by atoms with E-state index >= 15 is 0 Å². The number of amides is 4. The summed E-state index contributed by atoms with van der Waals surface area (Å²) in [6.07, 6.45) is 28.9. The van der Waals surface area contributed by atoms with Gasteiger partial charge in [0.25, 0.3) is 0 Å². The van der Waals surface area contributed by atoms with Gasteiger partial charge in [0.1, 0.15) is 5.82 Å². The van der Waals surface area contributed by atoms with Crippen molar-refractivity contribution in [2.75, 3.05) is 32.7 Å². The molecule has 29 heteroatoms. The smallest absolute Gasteiger partial charge is 0.246 e. The fourth-order valence-electron chi connectivity index (χ4n) is 8.98. The van der Waals surface area contributed by atoms with Crippen LogP contribution in [0.15, 0.2) is 159 Å². The summed E-state index contributed by atoms with van der Waals surface area (Å²) in [5, 5.41) is 11.9. The van der Waals surface area contributed by atoms with Crippen LogP contribution in [0, 0.1) is 50.2 Å². The van der Waals surface area contributed by atoms with Gasteiger partial charge in [0, 0.05) is 110 Å². The molecule has 796 valence electrons. The lowest BCUT2D eigenvalue weighted by atomic mass is 9.82. The summed E-state index contributed by atoms with van der Waals surface area (Å²) in [6.45, 7) is 115. The van der Waals surface area contributed by atoms with Gasteiger partial charge in [0.15, 0.2) is 33.0 Å². The Labute approximate surface area is 839 Å². The van der Waals surface area contributed by atoms with Crippen molar-refractivity contribution in [1.29, 1.82) is 0 Å². The molecule has 4 amide bonds. The monoisotopic (exact) mass is 2010 g/mol. The zero-order chi connectivity index (χ0) is 111. The fraction of sp³-hybridized carbons (Fsp3) is 0.667. The number of rotatable bonds is 25. The van der Waals surface area contributed by atoms with Gasteiger partial charge in [0.2, 0.25) is 53.7 Å². The number of aromatic nitrogens is 2. The van der Waals surface area contributed by atoms with Gasteiger partial charge in [-0.25, -0.2) is 57.8 Å². The molecule has 0 atom stereocenters. The van der Waals surface area contributed by atoms with Crippen molar-refractivity contribution >= 4 is 86.7 Å². The summed E-state index contributed by atoms with van der Waals surface area (Å²) in [7, 11) is -12.8. The van der Waals surface area contributed by atoms with Crippen LogP contribution in [-0.4, -0.2) is 149 Å². The highest BCUT2D eigenvalue weighted by molar-refractivity contribution is 7.95. The number of carbonyl (C=O) groups excluding carboxylic acids is 8. The van der Waals surface area contributed by atoms with E-state index in [2.05, 4.69) is 208 Å². The first kappa shape index (κ1) is 149. The Kier molecular flexibility index (Phi) is 75.4. The first-order chi connectivity index (χ1) is 60.9. The van der Waals surface area contributed by atoms with Gasteiger partial charge < -0.3 is 20.9 Å². The van der Waals surface area contributed by atoms with Crippen molar-refractivity contribution in [3.05, 3.63) is 170 Å². The molecule has 0 bridgehead atoms. The number of carbonyl (C=O) groups is 8. The van der Waals surface area contributed by atoms with E-state index < -0.39 is 50.2 Å². The molecule has 1 heterocycles. The number of Topliss-reactive ketones (excluding diaryl/α,β-unsaturated/α-hetero) is 2. The number of allylic oxidation sites excluding steroid dienone is 7. The van der Waals surface area contributed by atoms with Crippen LogP contribution in [0.4, 0.5) is 0 Å². The number of hydrogen-bond acceptors (Lipinski definition) is 18. The Balaban J connectivity index is -0.000000160. The van der Waals surface area contributed by atoms with E-state index in [0.29, 0.717) is 31.2 Å². The molecule has 6 N–H and O–H groups in total. The van der Waals surface area contributed by atoms with Crippen LogP contribution in [0.5, 0.6) is 0 Å². The van der Waals surface area contributed by atoms with Gasteiger partial charge in [0.05, 0.1) is 4.75 Å². The molecule has 0 saturated carbocycles. The van der Waals surface area contributed by atoms with Gasteiger partial charge >= 0.3 is 0 Å². The van der Waals surface area contributed by atoms with E-state index in [-0.39, 0.29) is 95.0 Å². The Morgan fingerprint density at radius 1 is 0.423 bits per heavy atom. The molecule has 25 nitrogen and oxygen atoms in total. The Bertz CT molecular complexity index is 4420. The molecule has 2 aliphatic rings. The van der Waals surface area contributed by atoms with Crippen LogP contribution in [0.3, 0.4) is 0 Å². The largest absolute Gasteiger partial charge is 0.353 e. The second-order valence-electron chi connectivity index (χ2n) is 46.6. The Morgan fingerprint density at radius 3 is 1.06 bits per heavy atom. The lowest BCUT2D eigenvalue weighted by Crippen LogP contribution is -2.45. The molecule has 0 unspecified atom stereocenters. The molecule has 0 spiro atoms. The van der Waals surface area contributed by atoms with Crippen LogP contribution < -0.4 is 30.1 Å². The number of ketones is 4. The number of sulfonamides is 3. The minimum Gasteiger partial charge on any atom is -0.353 e. The van der Waals surface area contributed by atoms with Crippen molar-refractivity contribution in [2.24, 2.45) is 43.3 Å². The van der Waals surface area contributed by atoms with Crippen LogP contribution >= 0.6 is 0 Å². The summed E-state index contributed by atoms with van der Waals surface area (Å²) >= 11 is 0. The van der Waals surface area contributed by atoms with E-state index in [4.69, 9.17) is 0 Å². The average Bonchev–Trinajstić information content (AvgIpc) is 1.78. The standard InChI is InChI=1S/C11H18O.C10H19NO.C10H16O.C10H18O.C9H14N2.C9H17NO.C8H17NO2S.C8H15NO.C7H15NO2S.C7H13NO.C7H12O.C6H13NO2S.C6H12O2S/c1-11(2,3)10(12)9-7-5-4-6-8-9;1-6-8-11(9(12)7-2)10(3,4)5;1-10(2,3)9(11)8-6-4-5-7-8;1-5-6-7-8-9(11)10(2,3)4;1-7-10-6-5-8(11-7)9(2,3)4;1-5-8(11)10-7-6-9(2,3)4;1-5-12(10,11)9-7-6-8(2,3)4;1-5-7(10)9-6-8(2,3)4;1-5-11(9,10)8-6-7(2,3)4;1-5-6(9)8-7(2,3)4;1-5-6(8)7(2,3)4;1-5-10(8,9)7-6(2,3)4;1-5-9(7,8)6(2,3)4/h7H,4-6,8H2,1-3H3;7H,2,6,8H2,1,3-5H3;6H,4-5,7H2,1-3H3;7-8H,5-6H2,1-4H3;5-6H,1-4H3;5H,1,6-7H2,2-4H3,(H,10,11);5,9H,1,6-7H2,2-4H3;5H,1,6H2,2-4H3,(H,9,10);5,8H,1,6H2,2-4H3;5H,1H2,2-4H3,(H,8,9);5H,1H2,2-4H3;5,7H,1H2,2-4H3;5H,1H2,2-4H3/b;;;8-7+;;;;;;;;;. The first-order valence-electron chi connectivity index (χ1n) is 47.0. The number of sulfone groups is 1. The normalized spacial score (nSPS) is 13.0. The molecular weight excluding hydrogens is 1810 g/mol. The van der Waals surface area contributed by atoms with Crippen molar-refractivity contribution in [2.45, 2.75) is 395 Å². The fourth-order valence-corrected chi connectivity index (χ4v) is 11.7. The van der Waals surface area contributed by atoms with E-state index in [0.717, 1.165) is 122 Å². The van der Waals surface area contributed by atoms with Crippen LogP contribution in [0.2, 0.25) is 0 Å². The van der Waals surface area contributed by atoms with Gasteiger partial charge in [-0.2, -0.15) is 0 Å². The second-order valence-corrected chi connectivity index (χ2v) is 54.3. The molecule has 0 saturated heterocycles. The van der Waals surface area contributed by atoms with Crippen LogP contribution in [0.25, 0.3) is 0 Å². The third-order valence-corrected chi connectivity index (χ3v) is 22.6. The van der Waals surface area contributed by atoms with Crippen molar-refractivity contribution in [3.63, 3.8) is 0 Å². The van der Waals surface area contributed by atoms with Gasteiger partial charge in [-0.1, -0.05) is 285 Å². The van der Waals surface area contributed by atoms with Crippen LogP contribution in [0.1, 0.15) is 372 Å². The van der Waals surface area contributed by atoms with Gasteiger partial charge in [-0.15, -0.1) is 0 Å². The summed E-state index contributed by atoms with van der Waals surface area (Å²) < 4.78 is 93.2. The summed E-state index contributed by atoms with van der Waals surface area (Å²) in [5.74, 6) is 1.52. The number of nitrogens with zero attached hydrogens (tertiary/aromatic N) is 3. The minimum absolute atomic E-state index is 0.0179. The third-order valence-electron chi connectivity index (χ3n) is 17.1. The highest BCUT2D eigenvalue weighted by atomic mass is 32.2. The maximum absolute atomic E-state index is 11.8.